The lowest BCUT2D eigenvalue weighted by Crippen LogP contribution is -2.54. The van der Waals surface area contributed by atoms with Gasteiger partial charge in [-0.25, -0.2) is 8.42 Å². The normalized spacial score (nSPS) is 12.2. The zero-order chi connectivity index (χ0) is 29.5. The second-order valence-corrected chi connectivity index (χ2v) is 12.2. The molecule has 0 fully saturated rings. The first-order valence-electron chi connectivity index (χ1n) is 12.8. The number of nitrogens with one attached hydrogen (secondary N) is 1. The van der Waals surface area contributed by atoms with E-state index < -0.39 is 34.1 Å². The molecule has 1 unspecified atom stereocenters. The Bertz CT molecular complexity index is 1400. The summed E-state index contributed by atoms with van der Waals surface area (Å²) in [4.78, 5) is 28.6. The number of carbonyl (C=O) groups excluding carboxylic acids is 2. The van der Waals surface area contributed by atoms with E-state index in [1.165, 1.54) is 24.1 Å². The molecule has 9 nitrogen and oxygen atoms in total. The average Bonchev–Trinajstić information content (AvgIpc) is 2.93. The van der Waals surface area contributed by atoms with Gasteiger partial charge < -0.3 is 19.7 Å². The molecule has 0 aromatic heterocycles. The fraction of sp³-hybridized carbons (Fsp3) is 0.333. The van der Waals surface area contributed by atoms with E-state index >= 15 is 0 Å². The Morgan fingerprint density at radius 1 is 0.875 bits per heavy atom. The van der Waals surface area contributed by atoms with Crippen LogP contribution in [0.2, 0.25) is 0 Å². The van der Waals surface area contributed by atoms with Crippen LogP contribution in [0.25, 0.3) is 0 Å². The Hall–Kier alpha value is -4.05. The van der Waals surface area contributed by atoms with Gasteiger partial charge in [-0.05, 0) is 81.8 Å². The Balaban J connectivity index is 2.04. The number of carbonyl (C=O) groups is 2. The van der Waals surface area contributed by atoms with Crippen LogP contribution in [0.4, 0.5) is 5.69 Å². The molecular weight excluding hydrogens is 530 g/mol. The van der Waals surface area contributed by atoms with E-state index in [0.29, 0.717) is 11.5 Å². The van der Waals surface area contributed by atoms with Crippen LogP contribution in [0.15, 0.2) is 83.8 Å². The monoisotopic (exact) mass is 567 g/mol. The summed E-state index contributed by atoms with van der Waals surface area (Å²) in [5.74, 6) is 0.239. The number of ether oxygens (including phenoxy) is 2. The molecule has 3 rings (SSSR count). The molecule has 0 bridgehead atoms. The molecule has 0 heterocycles. The molecule has 0 aliphatic heterocycles. The highest BCUT2D eigenvalue weighted by molar-refractivity contribution is 7.92. The molecule has 0 aliphatic rings. The zero-order valence-electron chi connectivity index (χ0n) is 23.7. The first kappa shape index (κ1) is 30.5. The van der Waals surface area contributed by atoms with Crippen molar-refractivity contribution >= 4 is 27.5 Å². The molecule has 0 saturated carbocycles. The van der Waals surface area contributed by atoms with Crippen molar-refractivity contribution in [2.75, 3.05) is 25.1 Å². The average molecular weight is 568 g/mol. The van der Waals surface area contributed by atoms with Crippen molar-refractivity contribution in [2.45, 2.75) is 50.7 Å². The van der Waals surface area contributed by atoms with E-state index in [9.17, 15) is 18.0 Å². The minimum atomic E-state index is -4.14. The quantitative estimate of drug-likeness (QED) is 0.372. The molecule has 2 amide bonds. The molecule has 0 spiro atoms. The number of benzene rings is 3. The zero-order valence-corrected chi connectivity index (χ0v) is 24.6. The lowest BCUT2D eigenvalue weighted by Gasteiger charge is -2.33. The van der Waals surface area contributed by atoms with Gasteiger partial charge >= 0.3 is 0 Å². The van der Waals surface area contributed by atoms with Crippen LogP contribution in [0.3, 0.4) is 0 Å². The van der Waals surface area contributed by atoms with Gasteiger partial charge in [0.2, 0.25) is 11.8 Å². The summed E-state index contributed by atoms with van der Waals surface area (Å²) in [6.07, 6.45) is 0. The number of methoxy groups -OCH3 is 2. The molecule has 3 aromatic carbocycles. The van der Waals surface area contributed by atoms with Gasteiger partial charge in [-0.2, -0.15) is 0 Å². The Morgan fingerprint density at radius 2 is 1.50 bits per heavy atom. The molecule has 0 radical (unpaired) electrons. The highest BCUT2D eigenvalue weighted by atomic mass is 32.2. The lowest BCUT2D eigenvalue weighted by atomic mass is 10.1. The van der Waals surface area contributed by atoms with Gasteiger partial charge in [0.05, 0.1) is 24.8 Å². The SMILES string of the molecule is COc1ccc(N(CC(=O)N(Cc2cccc(OC)c2)C(C)C(=O)NC(C)(C)C)S(=O)(=O)c2ccccc2)cc1. The van der Waals surface area contributed by atoms with E-state index in [1.807, 2.05) is 26.8 Å². The van der Waals surface area contributed by atoms with Crippen LogP contribution in [0.5, 0.6) is 11.5 Å². The van der Waals surface area contributed by atoms with Gasteiger partial charge in [0, 0.05) is 12.1 Å². The summed E-state index contributed by atoms with van der Waals surface area (Å²) in [5.41, 5.74) is 0.484. The molecule has 10 heteroatoms. The third-order valence-corrected chi connectivity index (χ3v) is 7.91. The molecule has 0 saturated heterocycles. The van der Waals surface area contributed by atoms with Crippen LogP contribution < -0.4 is 19.1 Å². The highest BCUT2D eigenvalue weighted by Gasteiger charge is 2.33. The van der Waals surface area contributed by atoms with Gasteiger partial charge in [0.1, 0.15) is 24.1 Å². The van der Waals surface area contributed by atoms with Gasteiger partial charge in [-0.3, -0.25) is 13.9 Å². The third-order valence-electron chi connectivity index (χ3n) is 6.12. The number of rotatable bonds is 11. The van der Waals surface area contributed by atoms with Gasteiger partial charge in [0.25, 0.3) is 10.0 Å². The van der Waals surface area contributed by atoms with Crippen LogP contribution in [-0.2, 0) is 26.2 Å². The van der Waals surface area contributed by atoms with Crippen LogP contribution in [0.1, 0.15) is 33.3 Å². The Kier molecular flexibility index (Phi) is 9.81. The fourth-order valence-electron chi connectivity index (χ4n) is 4.02. The fourth-order valence-corrected chi connectivity index (χ4v) is 5.46. The molecule has 1 atom stereocenters. The second-order valence-electron chi connectivity index (χ2n) is 10.3. The maximum absolute atomic E-state index is 14.0. The summed E-state index contributed by atoms with van der Waals surface area (Å²) in [5, 5.41) is 2.91. The smallest absolute Gasteiger partial charge is 0.264 e. The standard InChI is InChI=1S/C30H37N3O6S/c1-22(29(35)31-30(2,3)4)32(20-23-11-10-12-26(19-23)39-6)28(34)21-33(24-15-17-25(38-5)18-16-24)40(36,37)27-13-8-7-9-14-27/h7-19,22H,20-21H2,1-6H3,(H,31,35). The Morgan fingerprint density at radius 3 is 2.08 bits per heavy atom. The van der Waals surface area contributed by atoms with Gasteiger partial charge in [-0.15, -0.1) is 0 Å². The van der Waals surface area contributed by atoms with Crippen molar-refractivity contribution in [1.29, 1.82) is 0 Å². The van der Waals surface area contributed by atoms with Gasteiger partial charge in [0.15, 0.2) is 0 Å². The van der Waals surface area contributed by atoms with Gasteiger partial charge in [-0.1, -0.05) is 30.3 Å². The third kappa shape index (κ3) is 7.75. The van der Waals surface area contributed by atoms with Crippen molar-refractivity contribution in [3.63, 3.8) is 0 Å². The number of nitrogens with zero attached hydrogens (tertiary/aromatic N) is 2. The van der Waals surface area contributed by atoms with E-state index in [2.05, 4.69) is 5.32 Å². The van der Waals surface area contributed by atoms with Crippen molar-refractivity contribution in [1.82, 2.24) is 10.2 Å². The molecule has 3 aromatic rings. The van der Waals surface area contributed by atoms with E-state index in [1.54, 1.807) is 74.7 Å². The van der Waals surface area contributed by atoms with E-state index in [-0.39, 0.29) is 23.0 Å². The van der Waals surface area contributed by atoms with Crippen LogP contribution in [-0.4, -0.2) is 57.5 Å². The number of hydrogen-bond acceptors (Lipinski definition) is 6. The van der Waals surface area contributed by atoms with Crippen molar-refractivity contribution in [3.05, 3.63) is 84.4 Å². The molecular formula is C30H37N3O6S. The van der Waals surface area contributed by atoms with Crippen molar-refractivity contribution in [3.8, 4) is 11.5 Å². The second kappa shape index (κ2) is 12.9. The van der Waals surface area contributed by atoms with Crippen LogP contribution >= 0.6 is 0 Å². The molecule has 1 N–H and O–H groups in total. The number of sulfonamides is 1. The maximum Gasteiger partial charge on any atom is 0.264 e. The first-order chi connectivity index (χ1) is 18.9. The number of anilines is 1. The predicted molar refractivity (Wildman–Crippen MR) is 155 cm³/mol. The molecule has 214 valence electrons. The minimum absolute atomic E-state index is 0.0384. The summed E-state index contributed by atoms with van der Waals surface area (Å²) >= 11 is 0. The summed E-state index contributed by atoms with van der Waals surface area (Å²) in [7, 11) is -1.08. The number of hydrogen-bond donors (Lipinski definition) is 1. The topological polar surface area (TPSA) is 105 Å². The molecule has 0 aliphatic carbocycles. The summed E-state index contributed by atoms with van der Waals surface area (Å²) < 4.78 is 39.2. The predicted octanol–water partition coefficient (Wildman–Crippen LogP) is 4.23. The summed E-state index contributed by atoms with van der Waals surface area (Å²) in [6, 6.07) is 20.6. The first-order valence-corrected chi connectivity index (χ1v) is 14.3. The van der Waals surface area contributed by atoms with E-state index in [4.69, 9.17) is 9.47 Å². The van der Waals surface area contributed by atoms with Crippen LogP contribution in [0, 0.1) is 0 Å². The maximum atomic E-state index is 14.0. The lowest BCUT2D eigenvalue weighted by molar-refractivity contribution is -0.140. The largest absolute Gasteiger partial charge is 0.497 e. The number of amides is 2. The molecule has 40 heavy (non-hydrogen) atoms. The van der Waals surface area contributed by atoms with Crippen molar-refractivity contribution < 1.29 is 27.5 Å². The summed E-state index contributed by atoms with van der Waals surface area (Å²) in [6.45, 7) is 6.72. The Labute approximate surface area is 236 Å². The van der Waals surface area contributed by atoms with E-state index in [0.717, 1.165) is 9.87 Å². The van der Waals surface area contributed by atoms with Crippen molar-refractivity contribution in [2.24, 2.45) is 0 Å². The minimum Gasteiger partial charge on any atom is -0.497 e. The highest BCUT2D eigenvalue weighted by Crippen LogP contribution is 2.26.